The number of carbonyl (C=O) groups excluding carboxylic acids is 2. The average Bonchev–Trinajstić information content (AvgIpc) is 2.19. The maximum atomic E-state index is 11.1. The van der Waals surface area contributed by atoms with Crippen LogP contribution in [0.2, 0.25) is 0 Å². The standard InChI is InChI=1S/C11H16N4O2/c1-6(4-10(13)16)15-7-2-3-9(12)8(5-7)11(14)17/h2-3,5-6,15H,4,12H2,1H3,(H2,13,16)(H2,14,17). The second kappa shape index (κ2) is 5.20. The molecule has 0 saturated carbocycles. The molecule has 0 heterocycles. The molecule has 1 aromatic rings. The lowest BCUT2D eigenvalue weighted by atomic mass is 10.1. The van der Waals surface area contributed by atoms with E-state index in [4.69, 9.17) is 17.2 Å². The minimum absolute atomic E-state index is 0.128. The zero-order chi connectivity index (χ0) is 13.0. The summed E-state index contributed by atoms with van der Waals surface area (Å²) in [5.74, 6) is -0.982. The van der Waals surface area contributed by atoms with Crippen LogP contribution < -0.4 is 22.5 Å². The van der Waals surface area contributed by atoms with Crippen LogP contribution in [0, 0.1) is 0 Å². The van der Waals surface area contributed by atoms with E-state index in [1.807, 2.05) is 6.92 Å². The van der Waals surface area contributed by atoms with Gasteiger partial charge in [-0.25, -0.2) is 0 Å². The highest BCUT2D eigenvalue weighted by Crippen LogP contribution is 2.18. The molecule has 92 valence electrons. The number of hydrogen-bond acceptors (Lipinski definition) is 4. The Morgan fingerprint density at radius 1 is 1.35 bits per heavy atom. The number of amides is 2. The quantitative estimate of drug-likeness (QED) is 0.539. The fourth-order valence-corrected chi connectivity index (χ4v) is 1.50. The lowest BCUT2D eigenvalue weighted by Gasteiger charge is -2.14. The van der Waals surface area contributed by atoms with Crippen LogP contribution in [0.3, 0.4) is 0 Å². The van der Waals surface area contributed by atoms with E-state index >= 15 is 0 Å². The van der Waals surface area contributed by atoms with E-state index in [2.05, 4.69) is 5.32 Å². The van der Waals surface area contributed by atoms with Gasteiger partial charge < -0.3 is 22.5 Å². The topological polar surface area (TPSA) is 124 Å². The third-order valence-electron chi connectivity index (χ3n) is 2.24. The smallest absolute Gasteiger partial charge is 0.250 e. The van der Waals surface area contributed by atoms with Gasteiger partial charge in [0.1, 0.15) is 0 Å². The lowest BCUT2D eigenvalue weighted by Crippen LogP contribution is -2.24. The third-order valence-corrected chi connectivity index (χ3v) is 2.24. The van der Waals surface area contributed by atoms with Gasteiger partial charge in [-0.05, 0) is 25.1 Å². The van der Waals surface area contributed by atoms with Crippen LogP contribution in [0.4, 0.5) is 11.4 Å². The Bertz CT molecular complexity index is 445. The van der Waals surface area contributed by atoms with Crippen LogP contribution in [-0.2, 0) is 4.79 Å². The molecule has 0 radical (unpaired) electrons. The highest BCUT2D eigenvalue weighted by molar-refractivity contribution is 5.99. The van der Waals surface area contributed by atoms with E-state index in [-0.39, 0.29) is 18.0 Å². The molecule has 0 fully saturated rings. The highest BCUT2D eigenvalue weighted by Gasteiger charge is 2.09. The van der Waals surface area contributed by atoms with Gasteiger partial charge >= 0.3 is 0 Å². The van der Waals surface area contributed by atoms with Crippen molar-refractivity contribution < 1.29 is 9.59 Å². The van der Waals surface area contributed by atoms with Gasteiger partial charge in [0.15, 0.2) is 0 Å². The normalized spacial score (nSPS) is 11.8. The Kier molecular flexibility index (Phi) is 3.92. The Labute approximate surface area is 99.1 Å². The van der Waals surface area contributed by atoms with Crippen molar-refractivity contribution in [2.45, 2.75) is 19.4 Å². The van der Waals surface area contributed by atoms with Gasteiger partial charge in [-0.15, -0.1) is 0 Å². The van der Waals surface area contributed by atoms with Crippen molar-refractivity contribution in [3.8, 4) is 0 Å². The highest BCUT2D eigenvalue weighted by atomic mass is 16.1. The molecule has 0 saturated heterocycles. The van der Waals surface area contributed by atoms with Crippen LogP contribution in [0.1, 0.15) is 23.7 Å². The van der Waals surface area contributed by atoms with Gasteiger partial charge in [0, 0.05) is 23.8 Å². The van der Waals surface area contributed by atoms with Gasteiger partial charge in [0.05, 0.1) is 5.56 Å². The number of primary amides is 2. The van der Waals surface area contributed by atoms with Crippen molar-refractivity contribution in [1.82, 2.24) is 0 Å². The van der Waals surface area contributed by atoms with Crippen LogP contribution in [-0.4, -0.2) is 17.9 Å². The first-order valence-corrected chi connectivity index (χ1v) is 5.14. The van der Waals surface area contributed by atoms with Crippen LogP contribution in [0.5, 0.6) is 0 Å². The fraction of sp³-hybridized carbons (Fsp3) is 0.273. The fourth-order valence-electron chi connectivity index (χ4n) is 1.50. The Balaban J connectivity index is 2.82. The second-order valence-corrected chi connectivity index (χ2v) is 3.88. The van der Waals surface area contributed by atoms with Crippen molar-refractivity contribution in [3.63, 3.8) is 0 Å². The molecule has 1 rings (SSSR count). The number of nitrogens with two attached hydrogens (primary N) is 3. The molecule has 0 aliphatic carbocycles. The molecule has 6 nitrogen and oxygen atoms in total. The number of hydrogen-bond donors (Lipinski definition) is 4. The molecular weight excluding hydrogens is 220 g/mol. The Morgan fingerprint density at radius 2 is 2.00 bits per heavy atom. The monoisotopic (exact) mass is 236 g/mol. The number of rotatable bonds is 5. The molecule has 0 aromatic heterocycles. The minimum atomic E-state index is -0.589. The minimum Gasteiger partial charge on any atom is -0.398 e. The summed E-state index contributed by atoms with van der Waals surface area (Å²) in [6, 6.07) is 4.71. The van der Waals surface area contributed by atoms with Crippen molar-refractivity contribution in [2.24, 2.45) is 11.5 Å². The molecule has 0 aliphatic heterocycles. The lowest BCUT2D eigenvalue weighted by molar-refractivity contribution is -0.118. The summed E-state index contributed by atoms with van der Waals surface area (Å²) >= 11 is 0. The first-order valence-electron chi connectivity index (χ1n) is 5.14. The summed E-state index contributed by atoms with van der Waals surface area (Å²) in [7, 11) is 0. The maximum Gasteiger partial charge on any atom is 0.250 e. The number of carbonyl (C=O) groups is 2. The van der Waals surface area contributed by atoms with Crippen LogP contribution in [0.25, 0.3) is 0 Å². The average molecular weight is 236 g/mol. The zero-order valence-electron chi connectivity index (χ0n) is 9.57. The van der Waals surface area contributed by atoms with Crippen molar-refractivity contribution >= 4 is 23.2 Å². The molecule has 0 spiro atoms. The van der Waals surface area contributed by atoms with E-state index in [0.29, 0.717) is 11.4 Å². The van der Waals surface area contributed by atoms with Crippen molar-refractivity contribution in [1.29, 1.82) is 0 Å². The summed E-state index contributed by atoms with van der Waals surface area (Å²) in [6.45, 7) is 1.81. The van der Waals surface area contributed by atoms with Crippen LogP contribution >= 0.6 is 0 Å². The van der Waals surface area contributed by atoms with E-state index in [1.54, 1.807) is 18.2 Å². The zero-order valence-corrected chi connectivity index (χ0v) is 9.57. The largest absolute Gasteiger partial charge is 0.398 e. The van der Waals surface area contributed by atoms with Gasteiger partial charge in [0.2, 0.25) is 5.91 Å². The molecule has 1 unspecified atom stereocenters. The molecule has 2 amide bonds. The maximum absolute atomic E-state index is 11.1. The number of benzene rings is 1. The summed E-state index contributed by atoms with van der Waals surface area (Å²) in [4.78, 5) is 21.8. The summed E-state index contributed by atoms with van der Waals surface area (Å²) in [6.07, 6.45) is 0.205. The first-order chi connectivity index (χ1) is 7.90. The predicted molar refractivity (Wildman–Crippen MR) is 66.3 cm³/mol. The predicted octanol–water partition coefficient (Wildman–Crippen LogP) is 0.0435. The summed E-state index contributed by atoms with van der Waals surface area (Å²) in [5.41, 5.74) is 17.1. The first kappa shape index (κ1) is 12.8. The van der Waals surface area contributed by atoms with E-state index in [0.717, 1.165) is 0 Å². The molecule has 6 heteroatoms. The molecular formula is C11H16N4O2. The summed E-state index contributed by atoms with van der Waals surface area (Å²) in [5, 5.41) is 3.03. The number of nitrogen functional groups attached to an aromatic ring is 1. The molecule has 7 N–H and O–H groups in total. The van der Waals surface area contributed by atoms with Gasteiger partial charge in [-0.1, -0.05) is 0 Å². The molecule has 17 heavy (non-hydrogen) atoms. The molecule has 0 aliphatic rings. The van der Waals surface area contributed by atoms with E-state index < -0.39 is 11.8 Å². The molecule has 1 atom stereocenters. The Morgan fingerprint density at radius 3 is 2.53 bits per heavy atom. The summed E-state index contributed by atoms with van der Waals surface area (Å²) < 4.78 is 0. The van der Waals surface area contributed by atoms with Crippen LogP contribution in [0.15, 0.2) is 18.2 Å². The van der Waals surface area contributed by atoms with Gasteiger partial charge in [-0.2, -0.15) is 0 Å². The number of anilines is 2. The third kappa shape index (κ3) is 3.67. The van der Waals surface area contributed by atoms with Crippen molar-refractivity contribution in [3.05, 3.63) is 23.8 Å². The Hall–Kier alpha value is -2.24. The second-order valence-electron chi connectivity index (χ2n) is 3.88. The van der Waals surface area contributed by atoms with E-state index in [1.165, 1.54) is 0 Å². The number of nitrogens with one attached hydrogen (secondary N) is 1. The van der Waals surface area contributed by atoms with Gasteiger partial charge in [0.25, 0.3) is 5.91 Å². The van der Waals surface area contributed by atoms with Crippen molar-refractivity contribution in [2.75, 3.05) is 11.1 Å². The van der Waals surface area contributed by atoms with Gasteiger partial charge in [-0.3, -0.25) is 9.59 Å². The SMILES string of the molecule is CC(CC(N)=O)Nc1ccc(N)c(C(N)=O)c1. The molecule has 1 aromatic carbocycles. The molecule has 0 bridgehead atoms. The van der Waals surface area contributed by atoms with E-state index in [9.17, 15) is 9.59 Å².